The van der Waals surface area contributed by atoms with E-state index in [4.69, 9.17) is 10.2 Å². The largest absolute Gasteiger partial charge is 0.465 e. The van der Waals surface area contributed by atoms with E-state index in [0.29, 0.717) is 6.54 Å². The number of hydrogen-bond donors (Lipinski definition) is 2. The van der Waals surface area contributed by atoms with Crippen molar-refractivity contribution in [3.05, 3.63) is 0 Å². The Labute approximate surface area is 94.4 Å². The van der Waals surface area contributed by atoms with E-state index in [-0.39, 0.29) is 19.1 Å². The Hall–Kier alpha value is -1.46. The van der Waals surface area contributed by atoms with Gasteiger partial charge in [-0.15, -0.1) is 0 Å². The highest BCUT2D eigenvalue weighted by Gasteiger charge is 2.31. The van der Waals surface area contributed by atoms with E-state index in [1.54, 1.807) is 0 Å². The molecule has 6 heteroatoms. The number of rotatable bonds is 3. The molecule has 0 aromatic heterocycles. The van der Waals surface area contributed by atoms with Gasteiger partial charge in [0.2, 0.25) is 0 Å². The molecule has 1 aliphatic heterocycles. The minimum atomic E-state index is -0.966. The topological polar surface area (TPSA) is 81.1 Å². The molecule has 1 heterocycles. The summed E-state index contributed by atoms with van der Waals surface area (Å²) in [7, 11) is 0. The average Bonchev–Trinajstić information content (AvgIpc) is 2.25. The molecule has 1 unspecified atom stereocenters. The third-order valence-corrected chi connectivity index (χ3v) is 2.89. The summed E-state index contributed by atoms with van der Waals surface area (Å²) in [4.78, 5) is 24.4. The Bertz CT molecular complexity index is 270. The lowest BCUT2D eigenvalue weighted by Crippen LogP contribution is -2.56. The molecule has 1 atom stereocenters. The summed E-state index contributed by atoms with van der Waals surface area (Å²) in [6, 6.07) is -0.192. The summed E-state index contributed by atoms with van der Waals surface area (Å²) in [5.74, 6) is 0. The van der Waals surface area contributed by atoms with Gasteiger partial charge in [0.15, 0.2) is 0 Å². The maximum Gasteiger partial charge on any atom is 0.407 e. The number of hydrogen-bond acceptors (Lipinski definition) is 2. The molecule has 0 saturated carbocycles. The fourth-order valence-electron chi connectivity index (χ4n) is 1.97. The van der Waals surface area contributed by atoms with Crippen LogP contribution < -0.4 is 0 Å². The van der Waals surface area contributed by atoms with Gasteiger partial charge < -0.3 is 20.0 Å². The monoisotopic (exact) mass is 230 g/mol. The molecule has 1 rings (SSSR count). The van der Waals surface area contributed by atoms with Crippen LogP contribution in [0.15, 0.2) is 0 Å². The number of unbranched alkanes of at least 4 members (excludes halogenated alkanes) is 1. The van der Waals surface area contributed by atoms with E-state index in [0.717, 1.165) is 19.3 Å². The van der Waals surface area contributed by atoms with Crippen LogP contribution in [0.2, 0.25) is 0 Å². The quantitative estimate of drug-likeness (QED) is 0.770. The van der Waals surface area contributed by atoms with Crippen molar-refractivity contribution < 1.29 is 19.8 Å². The van der Waals surface area contributed by atoms with E-state index in [9.17, 15) is 9.59 Å². The summed E-state index contributed by atoms with van der Waals surface area (Å²) in [5.41, 5.74) is 0. The second-order valence-electron chi connectivity index (χ2n) is 4.00. The zero-order valence-electron chi connectivity index (χ0n) is 9.43. The van der Waals surface area contributed by atoms with Gasteiger partial charge in [-0.05, 0) is 6.42 Å². The summed E-state index contributed by atoms with van der Waals surface area (Å²) in [6.45, 7) is 2.87. The van der Waals surface area contributed by atoms with Gasteiger partial charge in [-0.1, -0.05) is 19.8 Å². The van der Waals surface area contributed by atoms with Crippen LogP contribution in [0.3, 0.4) is 0 Å². The van der Waals surface area contributed by atoms with Gasteiger partial charge in [-0.2, -0.15) is 0 Å². The molecular formula is C10H18N2O4. The van der Waals surface area contributed by atoms with E-state index in [2.05, 4.69) is 0 Å². The van der Waals surface area contributed by atoms with Crippen molar-refractivity contribution in [2.24, 2.45) is 0 Å². The Morgan fingerprint density at radius 3 is 2.44 bits per heavy atom. The highest BCUT2D eigenvalue weighted by atomic mass is 16.4. The van der Waals surface area contributed by atoms with Crippen molar-refractivity contribution >= 4 is 12.2 Å². The minimum absolute atomic E-state index is 0.192. The molecular weight excluding hydrogens is 212 g/mol. The lowest BCUT2D eigenvalue weighted by atomic mass is 10.1. The second-order valence-corrected chi connectivity index (χ2v) is 4.00. The SMILES string of the molecule is CCCCC1CN(C(=O)O)CCN1C(=O)O. The Balaban J connectivity index is 2.61. The maximum atomic E-state index is 11.0. The van der Waals surface area contributed by atoms with Gasteiger partial charge in [0.1, 0.15) is 0 Å². The maximum absolute atomic E-state index is 11.0. The summed E-state index contributed by atoms with van der Waals surface area (Å²) < 4.78 is 0. The van der Waals surface area contributed by atoms with E-state index < -0.39 is 12.2 Å². The molecule has 92 valence electrons. The number of carboxylic acid groups (broad SMARTS) is 2. The number of carbonyl (C=O) groups is 2. The molecule has 0 aromatic rings. The van der Waals surface area contributed by atoms with Gasteiger partial charge in [-0.3, -0.25) is 0 Å². The molecule has 2 amide bonds. The molecule has 0 aliphatic carbocycles. The van der Waals surface area contributed by atoms with Crippen molar-refractivity contribution in [1.82, 2.24) is 9.80 Å². The van der Waals surface area contributed by atoms with E-state index in [1.165, 1.54) is 9.80 Å². The third-order valence-electron chi connectivity index (χ3n) is 2.89. The Kier molecular flexibility index (Phi) is 4.39. The smallest absolute Gasteiger partial charge is 0.407 e. The first-order valence-electron chi connectivity index (χ1n) is 5.53. The van der Waals surface area contributed by atoms with Gasteiger partial charge in [0, 0.05) is 19.6 Å². The number of piperazine rings is 1. The summed E-state index contributed by atoms with van der Waals surface area (Å²) in [5, 5.41) is 17.9. The fourth-order valence-corrected chi connectivity index (χ4v) is 1.97. The van der Waals surface area contributed by atoms with Crippen molar-refractivity contribution in [1.29, 1.82) is 0 Å². The van der Waals surface area contributed by atoms with Crippen LogP contribution in [0.25, 0.3) is 0 Å². The number of nitrogens with zero attached hydrogens (tertiary/aromatic N) is 2. The van der Waals surface area contributed by atoms with Gasteiger partial charge in [-0.25, -0.2) is 9.59 Å². The van der Waals surface area contributed by atoms with Crippen LogP contribution in [0.5, 0.6) is 0 Å². The lowest BCUT2D eigenvalue weighted by molar-refractivity contribution is 0.0604. The molecule has 6 nitrogen and oxygen atoms in total. The summed E-state index contributed by atoms with van der Waals surface area (Å²) >= 11 is 0. The van der Waals surface area contributed by atoms with Gasteiger partial charge in [0.05, 0.1) is 6.04 Å². The first kappa shape index (κ1) is 12.6. The molecule has 0 bridgehead atoms. The van der Waals surface area contributed by atoms with Crippen LogP contribution in [-0.2, 0) is 0 Å². The highest BCUT2D eigenvalue weighted by Crippen LogP contribution is 2.15. The van der Waals surface area contributed by atoms with Crippen molar-refractivity contribution in [2.75, 3.05) is 19.6 Å². The van der Waals surface area contributed by atoms with E-state index in [1.807, 2.05) is 6.92 Å². The highest BCUT2D eigenvalue weighted by molar-refractivity contribution is 5.68. The normalized spacial score (nSPS) is 20.9. The Morgan fingerprint density at radius 2 is 1.94 bits per heavy atom. The van der Waals surface area contributed by atoms with Crippen LogP contribution in [-0.4, -0.2) is 57.9 Å². The first-order chi connectivity index (χ1) is 7.56. The van der Waals surface area contributed by atoms with Crippen molar-refractivity contribution in [3.8, 4) is 0 Å². The van der Waals surface area contributed by atoms with Crippen LogP contribution in [0, 0.1) is 0 Å². The van der Waals surface area contributed by atoms with Crippen molar-refractivity contribution in [2.45, 2.75) is 32.2 Å². The van der Waals surface area contributed by atoms with E-state index >= 15 is 0 Å². The van der Waals surface area contributed by atoms with Crippen molar-refractivity contribution in [3.63, 3.8) is 0 Å². The molecule has 1 fully saturated rings. The molecule has 2 N–H and O–H groups in total. The molecule has 0 radical (unpaired) electrons. The van der Waals surface area contributed by atoms with Crippen LogP contribution in [0.4, 0.5) is 9.59 Å². The van der Waals surface area contributed by atoms with Crippen LogP contribution >= 0.6 is 0 Å². The van der Waals surface area contributed by atoms with Gasteiger partial charge >= 0.3 is 12.2 Å². The molecule has 0 spiro atoms. The second kappa shape index (κ2) is 5.58. The molecule has 1 saturated heterocycles. The average molecular weight is 230 g/mol. The number of amides is 2. The van der Waals surface area contributed by atoms with Crippen LogP contribution in [0.1, 0.15) is 26.2 Å². The minimum Gasteiger partial charge on any atom is -0.465 e. The molecule has 1 aliphatic rings. The van der Waals surface area contributed by atoms with Gasteiger partial charge in [0.25, 0.3) is 0 Å². The zero-order valence-corrected chi connectivity index (χ0v) is 9.43. The Morgan fingerprint density at radius 1 is 1.25 bits per heavy atom. The molecule has 16 heavy (non-hydrogen) atoms. The zero-order chi connectivity index (χ0) is 12.1. The predicted octanol–water partition coefficient (Wildman–Crippen LogP) is 1.52. The lowest BCUT2D eigenvalue weighted by Gasteiger charge is -2.38. The molecule has 0 aromatic carbocycles. The third kappa shape index (κ3) is 3.01. The summed E-state index contributed by atoms with van der Waals surface area (Å²) in [6.07, 6.45) is 0.712. The first-order valence-corrected chi connectivity index (χ1v) is 5.53. The standard InChI is InChI=1S/C10H18N2O4/c1-2-3-4-8-7-11(9(13)14)5-6-12(8)10(15)16/h8H,2-7H2,1H3,(H,13,14)(H,15,16). The fraction of sp³-hybridized carbons (Fsp3) is 0.800. The predicted molar refractivity (Wildman–Crippen MR) is 57.6 cm³/mol.